The highest BCUT2D eigenvalue weighted by molar-refractivity contribution is 5.66. The molecule has 0 spiro atoms. The van der Waals surface area contributed by atoms with E-state index in [-0.39, 0.29) is 6.42 Å². The number of nitrogens with zero attached hydrogens (tertiary/aromatic N) is 3. The molecule has 0 aliphatic heterocycles. The first-order chi connectivity index (χ1) is 8.25. The van der Waals surface area contributed by atoms with Gasteiger partial charge in [-0.25, -0.2) is 0 Å². The maximum absolute atomic E-state index is 10.5. The largest absolute Gasteiger partial charge is 0.481 e. The second-order valence-corrected chi connectivity index (χ2v) is 4.79. The number of aromatic nitrogens is 3. The van der Waals surface area contributed by atoms with Crippen molar-refractivity contribution in [1.82, 2.24) is 14.8 Å². The Bertz CT molecular complexity index is 370. The molecule has 0 unspecified atom stereocenters. The van der Waals surface area contributed by atoms with Crippen LogP contribution in [0.15, 0.2) is 6.33 Å². The van der Waals surface area contributed by atoms with Crippen molar-refractivity contribution in [3.05, 3.63) is 12.2 Å². The van der Waals surface area contributed by atoms with E-state index in [4.69, 9.17) is 5.11 Å². The number of hydrogen-bond acceptors (Lipinski definition) is 3. The van der Waals surface area contributed by atoms with Crippen LogP contribution >= 0.6 is 0 Å². The van der Waals surface area contributed by atoms with E-state index in [0.29, 0.717) is 13.0 Å². The van der Waals surface area contributed by atoms with E-state index in [9.17, 15) is 4.79 Å². The van der Waals surface area contributed by atoms with Crippen molar-refractivity contribution in [2.75, 3.05) is 0 Å². The van der Waals surface area contributed by atoms with Gasteiger partial charge in [-0.2, -0.15) is 0 Å². The van der Waals surface area contributed by atoms with Crippen LogP contribution in [0.1, 0.15) is 44.3 Å². The molecule has 5 heteroatoms. The van der Waals surface area contributed by atoms with Crippen LogP contribution in [-0.4, -0.2) is 25.8 Å². The summed E-state index contributed by atoms with van der Waals surface area (Å²) in [5.74, 6) is 1.02. The summed E-state index contributed by atoms with van der Waals surface area (Å²) in [5, 5.41) is 16.7. The van der Waals surface area contributed by atoms with E-state index in [2.05, 4.69) is 10.2 Å². The van der Waals surface area contributed by atoms with E-state index in [1.54, 1.807) is 6.33 Å². The molecule has 17 heavy (non-hydrogen) atoms. The van der Waals surface area contributed by atoms with Gasteiger partial charge in [-0.05, 0) is 12.3 Å². The van der Waals surface area contributed by atoms with Crippen molar-refractivity contribution in [3.8, 4) is 0 Å². The molecule has 1 heterocycles. The van der Waals surface area contributed by atoms with Crippen LogP contribution in [0.5, 0.6) is 0 Å². The molecule has 1 N–H and O–H groups in total. The molecule has 0 radical (unpaired) electrons. The predicted molar refractivity (Wildman–Crippen MR) is 62.6 cm³/mol. The van der Waals surface area contributed by atoms with E-state index in [1.165, 1.54) is 25.7 Å². The quantitative estimate of drug-likeness (QED) is 0.820. The van der Waals surface area contributed by atoms with Crippen LogP contribution in [0.3, 0.4) is 0 Å². The lowest BCUT2D eigenvalue weighted by Crippen LogP contribution is -2.09. The lowest BCUT2D eigenvalue weighted by atomic mass is 10.0. The number of aryl methyl sites for hydroxylation is 1. The Labute approximate surface area is 101 Å². The van der Waals surface area contributed by atoms with Crippen molar-refractivity contribution < 1.29 is 9.90 Å². The van der Waals surface area contributed by atoms with E-state index >= 15 is 0 Å². The fraction of sp³-hybridized carbons (Fsp3) is 0.750. The minimum Gasteiger partial charge on any atom is -0.481 e. The molecular formula is C12H19N3O2. The average Bonchev–Trinajstić information content (AvgIpc) is 2.91. The Morgan fingerprint density at radius 3 is 2.94 bits per heavy atom. The third kappa shape index (κ3) is 3.54. The van der Waals surface area contributed by atoms with Gasteiger partial charge in [0.15, 0.2) is 0 Å². The summed E-state index contributed by atoms with van der Waals surface area (Å²) in [6.45, 7) is 0.710. The average molecular weight is 237 g/mol. The van der Waals surface area contributed by atoms with Crippen molar-refractivity contribution in [1.29, 1.82) is 0 Å². The van der Waals surface area contributed by atoms with Gasteiger partial charge in [-0.1, -0.05) is 25.7 Å². The number of carbonyl (C=O) groups is 1. The van der Waals surface area contributed by atoms with Crippen LogP contribution in [0, 0.1) is 5.92 Å². The molecule has 0 amide bonds. The molecule has 5 nitrogen and oxygen atoms in total. The fourth-order valence-corrected chi connectivity index (χ4v) is 2.50. The molecule has 1 fully saturated rings. The number of hydrogen-bond donors (Lipinski definition) is 1. The van der Waals surface area contributed by atoms with Gasteiger partial charge in [-0.3, -0.25) is 4.79 Å². The van der Waals surface area contributed by atoms with Gasteiger partial charge >= 0.3 is 5.97 Å². The van der Waals surface area contributed by atoms with Crippen LogP contribution in [-0.2, 0) is 17.8 Å². The molecule has 2 rings (SSSR count). The summed E-state index contributed by atoms with van der Waals surface area (Å²) in [7, 11) is 0. The third-order valence-electron chi connectivity index (χ3n) is 3.43. The molecule has 0 aromatic carbocycles. The molecular weight excluding hydrogens is 218 g/mol. The first kappa shape index (κ1) is 12.1. The molecule has 1 aromatic heterocycles. The highest BCUT2D eigenvalue weighted by atomic mass is 16.4. The molecule has 94 valence electrons. The zero-order valence-corrected chi connectivity index (χ0v) is 10.0. The van der Waals surface area contributed by atoms with E-state index < -0.39 is 5.97 Å². The summed E-state index contributed by atoms with van der Waals surface area (Å²) < 4.78 is 2.00. The highest BCUT2D eigenvalue weighted by Gasteiger charge is 2.18. The molecule has 1 saturated carbocycles. The van der Waals surface area contributed by atoms with Crippen molar-refractivity contribution >= 4 is 5.97 Å². The van der Waals surface area contributed by atoms with Gasteiger partial charge in [0.1, 0.15) is 12.2 Å². The summed E-state index contributed by atoms with van der Waals surface area (Å²) >= 11 is 0. The molecule has 1 aliphatic carbocycles. The topological polar surface area (TPSA) is 68.0 Å². The molecule has 1 aliphatic rings. The van der Waals surface area contributed by atoms with E-state index in [0.717, 1.165) is 18.2 Å². The second-order valence-electron chi connectivity index (χ2n) is 4.79. The first-order valence-electron chi connectivity index (χ1n) is 6.34. The van der Waals surface area contributed by atoms with Gasteiger partial charge in [0.2, 0.25) is 0 Å². The standard InChI is InChI=1S/C12H19N3O2/c16-12(17)6-3-7-15-9-13-14-11(15)8-10-4-1-2-5-10/h9-10H,1-8H2,(H,16,17). The summed E-state index contributed by atoms with van der Waals surface area (Å²) in [6, 6.07) is 0. The highest BCUT2D eigenvalue weighted by Crippen LogP contribution is 2.27. The summed E-state index contributed by atoms with van der Waals surface area (Å²) in [4.78, 5) is 10.5. The lowest BCUT2D eigenvalue weighted by molar-refractivity contribution is -0.137. The zero-order valence-electron chi connectivity index (χ0n) is 10.0. The maximum Gasteiger partial charge on any atom is 0.303 e. The fourth-order valence-electron chi connectivity index (χ4n) is 2.50. The van der Waals surface area contributed by atoms with Gasteiger partial charge in [0, 0.05) is 19.4 Å². The minimum absolute atomic E-state index is 0.209. The van der Waals surface area contributed by atoms with Gasteiger partial charge < -0.3 is 9.67 Å². The van der Waals surface area contributed by atoms with Crippen molar-refractivity contribution in [3.63, 3.8) is 0 Å². The lowest BCUT2D eigenvalue weighted by Gasteiger charge is -2.09. The third-order valence-corrected chi connectivity index (χ3v) is 3.43. The number of aliphatic carboxylic acids is 1. The molecule has 1 aromatic rings. The van der Waals surface area contributed by atoms with Gasteiger partial charge in [0.25, 0.3) is 0 Å². The van der Waals surface area contributed by atoms with E-state index in [1.807, 2.05) is 4.57 Å². The number of carboxylic acids is 1. The molecule has 0 atom stereocenters. The molecule has 0 bridgehead atoms. The predicted octanol–water partition coefficient (Wildman–Crippen LogP) is 1.88. The minimum atomic E-state index is -0.740. The SMILES string of the molecule is O=C(O)CCCn1cnnc1CC1CCCC1. The van der Waals surface area contributed by atoms with Crippen LogP contribution < -0.4 is 0 Å². The van der Waals surface area contributed by atoms with Crippen LogP contribution in [0.25, 0.3) is 0 Å². The first-order valence-corrected chi connectivity index (χ1v) is 6.34. The Hall–Kier alpha value is -1.39. The summed E-state index contributed by atoms with van der Waals surface area (Å²) in [6.07, 6.45) is 8.81. The number of rotatable bonds is 6. The monoisotopic (exact) mass is 237 g/mol. The maximum atomic E-state index is 10.5. The second kappa shape index (κ2) is 5.80. The van der Waals surface area contributed by atoms with Gasteiger partial charge in [-0.15, -0.1) is 10.2 Å². The smallest absolute Gasteiger partial charge is 0.303 e. The summed E-state index contributed by atoms with van der Waals surface area (Å²) in [5.41, 5.74) is 0. The Balaban J connectivity index is 1.85. The van der Waals surface area contributed by atoms with Crippen molar-refractivity contribution in [2.45, 2.75) is 51.5 Å². The Morgan fingerprint density at radius 1 is 1.47 bits per heavy atom. The van der Waals surface area contributed by atoms with Crippen LogP contribution in [0.4, 0.5) is 0 Å². The van der Waals surface area contributed by atoms with Crippen molar-refractivity contribution in [2.24, 2.45) is 5.92 Å². The zero-order chi connectivity index (χ0) is 12.1. The Kier molecular flexibility index (Phi) is 4.12. The Morgan fingerprint density at radius 2 is 2.24 bits per heavy atom. The number of carboxylic acid groups (broad SMARTS) is 1. The van der Waals surface area contributed by atoms with Gasteiger partial charge in [0.05, 0.1) is 0 Å². The normalized spacial score (nSPS) is 16.5. The molecule has 0 saturated heterocycles. The van der Waals surface area contributed by atoms with Crippen LogP contribution in [0.2, 0.25) is 0 Å².